The van der Waals surface area contributed by atoms with Gasteiger partial charge in [0.1, 0.15) is 0 Å². The summed E-state index contributed by atoms with van der Waals surface area (Å²) < 4.78 is 0. The maximum atomic E-state index is 12.3. The molecular formula is C19H22N2O5. The number of nitrogens with one attached hydrogen (secondary N) is 2. The van der Waals surface area contributed by atoms with Crippen molar-refractivity contribution < 1.29 is 24.3 Å². The van der Waals surface area contributed by atoms with Crippen molar-refractivity contribution in [2.45, 2.75) is 38.5 Å². The van der Waals surface area contributed by atoms with Crippen LogP contribution in [0.2, 0.25) is 0 Å². The van der Waals surface area contributed by atoms with Crippen molar-refractivity contribution in [3.8, 4) is 0 Å². The van der Waals surface area contributed by atoms with E-state index in [2.05, 4.69) is 10.6 Å². The van der Waals surface area contributed by atoms with Crippen LogP contribution in [-0.4, -0.2) is 28.8 Å². The van der Waals surface area contributed by atoms with Crippen LogP contribution in [0.4, 0.5) is 5.69 Å². The van der Waals surface area contributed by atoms with Crippen LogP contribution < -0.4 is 10.6 Å². The summed E-state index contributed by atoms with van der Waals surface area (Å²) in [6.45, 7) is 0. The van der Waals surface area contributed by atoms with Crippen molar-refractivity contribution in [1.29, 1.82) is 0 Å². The lowest BCUT2D eigenvalue weighted by Gasteiger charge is -2.25. The van der Waals surface area contributed by atoms with Gasteiger partial charge in [-0.15, -0.1) is 0 Å². The lowest BCUT2D eigenvalue weighted by Crippen LogP contribution is -2.29. The molecule has 26 heavy (non-hydrogen) atoms. The minimum Gasteiger partial charge on any atom is -0.481 e. The molecule has 0 aromatic heterocycles. The third-order valence-corrected chi connectivity index (χ3v) is 5.22. The molecule has 138 valence electrons. The lowest BCUT2D eigenvalue weighted by molar-refractivity contribution is -0.143. The predicted molar refractivity (Wildman–Crippen MR) is 93.1 cm³/mol. The van der Waals surface area contributed by atoms with E-state index in [0.717, 1.165) is 5.56 Å². The summed E-state index contributed by atoms with van der Waals surface area (Å²) in [4.78, 5) is 46.2. The van der Waals surface area contributed by atoms with Gasteiger partial charge in [0.25, 0.3) is 0 Å². The second-order valence-corrected chi connectivity index (χ2v) is 7.09. The highest BCUT2D eigenvalue weighted by Crippen LogP contribution is 2.30. The zero-order valence-corrected chi connectivity index (χ0v) is 14.4. The molecule has 1 saturated carbocycles. The molecule has 3 N–H and O–H groups in total. The molecule has 0 radical (unpaired) electrons. The highest BCUT2D eigenvalue weighted by atomic mass is 16.4. The maximum absolute atomic E-state index is 12.3. The van der Waals surface area contributed by atoms with E-state index < -0.39 is 5.97 Å². The molecule has 1 aliphatic carbocycles. The molecule has 1 aromatic rings. The van der Waals surface area contributed by atoms with E-state index in [0.29, 0.717) is 37.8 Å². The summed E-state index contributed by atoms with van der Waals surface area (Å²) in [6, 6.07) is 7.25. The first kappa shape index (κ1) is 18.1. The monoisotopic (exact) mass is 358 g/mol. The molecule has 7 nitrogen and oxygen atoms in total. The average Bonchev–Trinajstić information content (AvgIpc) is 2.94. The normalized spacial score (nSPS) is 25.6. The fourth-order valence-electron chi connectivity index (χ4n) is 3.63. The number of hydrogen-bond acceptors (Lipinski definition) is 4. The molecule has 1 saturated heterocycles. The fourth-order valence-corrected chi connectivity index (χ4v) is 3.63. The summed E-state index contributed by atoms with van der Waals surface area (Å²) in [6.07, 6.45) is 2.96. The molecular weight excluding hydrogens is 336 g/mol. The molecule has 1 aliphatic heterocycles. The van der Waals surface area contributed by atoms with Crippen LogP contribution in [-0.2, 0) is 25.6 Å². The van der Waals surface area contributed by atoms with Gasteiger partial charge in [0.05, 0.1) is 11.8 Å². The van der Waals surface area contributed by atoms with Gasteiger partial charge >= 0.3 is 5.97 Å². The van der Waals surface area contributed by atoms with Crippen LogP contribution in [0.3, 0.4) is 0 Å². The first-order valence-corrected chi connectivity index (χ1v) is 8.88. The standard InChI is InChI=1S/C19H22N2O5/c22-16-10-14(18(24)21-16)9-11-1-7-15(8-2-11)20-17(23)12-3-5-13(6-4-12)19(25)26/h1-2,7-8,12-14H,3-6,9-10H2,(H,20,23)(H,25,26)(H,21,22,24). The predicted octanol–water partition coefficient (Wildman–Crippen LogP) is 1.72. The number of carboxylic acids is 1. The van der Waals surface area contributed by atoms with Crippen LogP contribution in [0, 0.1) is 17.8 Å². The highest BCUT2D eigenvalue weighted by molar-refractivity contribution is 6.03. The summed E-state index contributed by atoms with van der Waals surface area (Å²) in [7, 11) is 0. The smallest absolute Gasteiger partial charge is 0.306 e. The van der Waals surface area contributed by atoms with Gasteiger partial charge in [-0.25, -0.2) is 0 Å². The summed E-state index contributed by atoms with van der Waals surface area (Å²) >= 11 is 0. The van der Waals surface area contributed by atoms with Gasteiger partial charge < -0.3 is 10.4 Å². The molecule has 7 heteroatoms. The Hall–Kier alpha value is -2.70. The van der Waals surface area contributed by atoms with Crippen molar-refractivity contribution in [2.75, 3.05) is 5.32 Å². The number of amides is 3. The average molecular weight is 358 g/mol. The van der Waals surface area contributed by atoms with Crippen LogP contribution in [0.25, 0.3) is 0 Å². The first-order valence-electron chi connectivity index (χ1n) is 8.88. The van der Waals surface area contributed by atoms with Crippen molar-refractivity contribution >= 4 is 29.4 Å². The minimum atomic E-state index is -0.780. The Labute approximate surface area is 151 Å². The maximum Gasteiger partial charge on any atom is 0.306 e. The second kappa shape index (κ2) is 7.68. The topological polar surface area (TPSA) is 113 Å². The van der Waals surface area contributed by atoms with Crippen molar-refractivity contribution in [1.82, 2.24) is 5.32 Å². The molecule has 0 spiro atoms. The van der Waals surface area contributed by atoms with E-state index in [-0.39, 0.29) is 41.9 Å². The number of hydrogen-bond donors (Lipinski definition) is 3. The van der Waals surface area contributed by atoms with E-state index in [1.54, 1.807) is 12.1 Å². The molecule has 1 unspecified atom stereocenters. The molecule has 0 bridgehead atoms. The van der Waals surface area contributed by atoms with Crippen LogP contribution in [0.15, 0.2) is 24.3 Å². The molecule has 2 fully saturated rings. The van der Waals surface area contributed by atoms with Gasteiger partial charge in [-0.05, 0) is 49.8 Å². The van der Waals surface area contributed by atoms with Gasteiger partial charge in [0.2, 0.25) is 17.7 Å². The van der Waals surface area contributed by atoms with Crippen LogP contribution in [0.1, 0.15) is 37.7 Å². The molecule has 1 atom stereocenters. The Morgan fingerprint density at radius 3 is 2.19 bits per heavy atom. The Bertz CT molecular complexity index is 720. The molecule has 3 amide bonds. The largest absolute Gasteiger partial charge is 0.481 e. The number of carbonyl (C=O) groups excluding carboxylic acids is 3. The summed E-state index contributed by atoms with van der Waals surface area (Å²) in [5.74, 6) is -2.14. The van der Waals surface area contributed by atoms with Crippen molar-refractivity contribution in [3.63, 3.8) is 0 Å². The number of imide groups is 1. The molecule has 3 rings (SSSR count). The third-order valence-electron chi connectivity index (χ3n) is 5.22. The van der Waals surface area contributed by atoms with Gasteiger partial charge in [0.15, 0.2) is 0 Å². The van der Waals surface area contributed by atoms with E-state index in [9.17, 15) is 19.2 Å². The Morgan fingerprint density at radius 2 is 1.65 bits per heavy atom. The van der Waals surface area contributed by atoms with Crippen LogP contribution >= 0.6 is 0 Å². The highest BCUT2D eigenvalue weighted by Gasteiger charge is 2.31. The SMILES string of the molecule is O=C1CC(Cc2ccc(NC(=O)C3CCC(C(=O)O)CC3)cc2)C(=O)N1. The lowest BCUT2D eigenvalue weighted by atomic mass is 9.81. The second-order valence-electron chi connectivity index (χ2n) is 7.09. The van der Waals surface area contributed by atoms with E-state index >= 15 is 0 Å². The van der Waals surface area contributed by atoms with E-state index in [1.807, 2.05) is 12.1 Å². The fraction of sp³-hybridized carbons (Fsp3) is 0.474. The van der Waals surface area contributed by atoms with Crippen molar-refractivity contribution in [3.05, 3.63) is 29.8 Å². The van der Waals surface area contributed by atoms with Gasteiger partial charge in [-0.2, -0.15) is 0 Å². The quantitative estimate of drug-likeness (QED) is 0.694. The number of anilines is 1. The number of carboxylic acid groups (broad SMARTS) is 1. The molecule has 2 aliphatic rings. The molecule has 1 heterocycles. The summed E-state index contributed by atoms with van der Waals surface area (Å²) in [5.41, 5.74) is 1.60. The number of aliphatic carboxylic acids is 1. The van der Waals surface area contributed by atoms with E-state index in [4.69, 9.17) is 5.11 Å². The van der Waals surface area contributed by atoms with Crippen LogP contribution in [0.5, 0.6) is 0 Å². The zero-order chi connectivity index (χ0) is 18.7. The van der Waals surface area contributed by atoms with Gasteiger partial charge in [-0.3, -0.25) is 24.5 Å². The van der Waals surface area contributed by atoms with E-state index in [1.165, 1.54) is 0 Å². The summed E-state index contributed by atoms with van der Waals surface area (Å²) in [5, 5.41) is 14.2. The Morgan fingerprint density at radius 1 is 1.04 bits per heavy atom. The molecule has 1 aromatic carbocycles. The Balaban J connectivity index is 1.51. The van der Waals surface area contributed by atoms with Gasteiger partial charge in [-0.1, -0.05) is 12.1 Å². The number of carbonyl (C=O) groups is 4. The Kier molecular flexibility index (Phi) is 5.35. The first-order chi connectivity index (χ1) is 12.4. The minimum absolute atomic E-state index is 0.0812. The third kappa shape index (κ3) is 4.28. The number of benzene rings is 1. The number of rotatable bonds is 5. The van der Waals surface area contributed by atoms with Gasteiger partial charge in [0, 0.05) is 18.0 Å². The zero-order valence-electron chi connectivity index (χ0n) is 14.4. The van der Waals surface area contributed by atoms with Crippen molar-refractivity contribution in [2.24, 2.45) is 17.8 Å².